The lowest BCUT2D eigenvalue weighted by Gasteiger charge is -2.24. The zero-order chi connectivity index (χ0) is 28.7. The van der Waals surface area contributed by atoms with E-state index >= 15 is 0 Å². The van der Waals surface area contributed by atoms with E-state index in [0.29, 0.717) is 22.6 Å². The molecule has 204 valence electrons. The van der Waals surface area contributed by atoms with Crippen LogP contribution in [0, 0.1) is 13.8 Å². The molecule has 8 nitrogen and oxygen atoms in total. The molecule has 0 saturated heterocycles. The van der Waals surface area contributed by atoms with Crippen molar-refractivity contribution >= 4 is 38.9 Å². The lowest BCUT2D eigenvalue weighted by molar-refractivity contribution is -0.119. The number of hydrogen-bond donors (Lipinski definition) is 2. The molecule has 2 amide bonds. The smallest absolute Gasteiger partial charge is 0.264 e. The number of nitrogens with one attached hydrogen (secondary N) is 2. The molecule has 4 aromatic rings. The monoisotopic (exact) mass is 554 g/mol. The molecule has 0 aromatic heterocycles. The third-order valence-corrected chi connectivity index (χ3v) is 7.85. The van der Waals surface area contributed by atoms with Crippen LogP contribution in [-0.2, 0) is 14.8 Å². The Morgan fingerprint density at radius 2 is 1.35 bits per heavy atom. The van der Waals surface area contributed by atoms with Gasteiger partial charge in [0.2, 0.25) is 0 Å². The van der Waals surface area contributed by atoms with Crippen molar-refractivity contribution in [3.8, 4) is 0 Å². The summed E-state index contributed by atoms with van der Waals surface area (Å²) in [5.41, 5.74) is 7.02. The minimum atomic E-state index is -4.02. The van der Waals surface area contributed by atoms with E-state index in [2.05, 4.69) is 15.8 Å². The Morgan fingerprint density at radius 3 is 1.95 bits per heavy atom. The van der Waals surface area contributed by atoms with Crippen LogP contribution >= 0.6 is 0 Å². The number of nitrogens with zero attached hydrogens (tertiary/aromatic N) is 2. The molecule has 9 heteroatoms. The predicted molar refractivity (Wildman–Crippen MR) is 158 cm³/mol. The SMILES string of the molecule is C/C(=N/NC(=O)CN(c1cc(C)cc(C)c1)S(=O)(=O)c1ccccc1)c1ccc(NC(=O)c2ccccc2)cc1. The summed E-state index contributed by atoms with van der Waals surface area (Å²) in [5, 5.41) is 7.01. The molecule has 4 aromatic carbocycles. The Kier molecular flexibility index (Phi) is 8.76. The van der Waals surface area contributed by atoms with Gasteiger partial charge in [0.05, 0.1) is 16.3 Å². The summed E-state index contributed by atoms with van der Waals surface area (Å²) in [6.07, 6.45) is 0. The van der Waals surface area contributed by atoms with Gasteiger partial charge in [0.1, 0.15) is 6.54 Å². The average Bonchev–Trinajstić information content (AvgIpc) is 2.95. The van der Waals surface area contributed by atoms with Crippen LogP contribution < -0.4 is 15.0 Å². The minimum absolute atomic E-state index is 0.0843. The largest absolute Gasteiger partial charge is 0.322 e. The van der Waals surface area contributed by atoms with Crippen molar-refractivity contribution in [2.45, 2.75) is 25.7 Å². The molecule has 4 rings (SSSR count). The molecule has 0 radical (unpaired) electrons. The highest BCUT2D eigenvalue weighted by Gasteiger charge is 2.27. The van der Waals surface area contributed by atoms with Gasteiger partial charge in [-0.15, -0.1) is 0 Å². The molecule has 0 bridgehead atoms. The zero-order valence-corrected chi connectivity index (χ0v) is 23.3. The minimum Gasteiger partial charge on any atom is -0.322 e. The number of benzene rings is 4. The van der Waals surface area contributed by atoms with E-state index < -0.39 is 22.5 Å². The van der Waals surface area contributed by atoms with Crippen LogP contribution in [0.4, 0.5) is 11.4 Å². The molecule has 0 saturated carbocycles. The molecule has 0 fully saturated rings. The second kappa shape index (κ2) is 12.4. The van der Waals surface area contributed by atoms with Crippen LogP contribution in [0.1, 0.15) is 34.0 Å². The van der Waals surface area contributed by atoms with Gasteiger partial charge in [-0.05, 0) is 86.0 Å². The molecular formula is C31H30N4O4S. The van der Waals surface area contributed by atoms with Gasteiger partial charge < -0.3 is 5.32 Å². The zero-order valence-electron chi connectivity index (χ0n) is 22.5. The molecule has 0 atom stereocenters. The normalized spacial score (nSPS) is 11.5. The van der Waals surface area contributed by atoms with Gasteiger partial charge >= 0.3 is 0 Å². The molecule has 0 aliphatic rings. The molecular weight excluding hydrogens is 524 g/mol. The van der Waals surface area contributed by atoms with Crippen LogP contribution in [0.15, 0.2) is 113 Å². The van der Waals surface area contributed by atoms with Crippen LogP contribution in [0.3, 0.4) is 0 Å². The lowest BCUT2D eigenvalue weighted by atomic mass is 10.1. The first-order valence-electron chi connectivity index (χ1n) is 12.6. The van der Waals surface area contributed by atoms with Crippen LogP contribution in [0.2, 0.25) is 0 Å². The highest BCUT2D eigenvalue weighted by atomic mass is 32.2. The number of aryl methyl sites for hydroxylation is 2. The summed E-state index contributed by atoms with van der Waals surface area (Å²) < 4.78 is 28.1. The number of carbonyl (C=O) groups is 2. The van der Waals surface area contributed by atoms with Crippen molar-refractivity contribution in [2.24, 2.45) is 5.10 Å². The first-order chi connectivity index (χ1) is 19.1. The maximum Gasteiger partial charge on any atom is 0.264 e. The van der Waals surface area contributed by atoms with Crippen LogP contribution in [0.5, 0.6) is 0 Å². The number of anilines is 2. The molecule has 2 N–H and O–H groups in total. The summed E-state index contributed by atoms with van der Waals surface area (Å²) in [6, 6.07) is 29.3. The number of hydrogen-bond acceptors (Lipinski definition) is 5. The summed E-state index contributed by atoms with van der Waals surface area (Å²) >= 11 is 0. The summed E-state index contributed by atoms with van der Waals surface area (Å²) in [5.74, 6) is -0.811. The second-order valence-electron chi connectivity index (χ2n) is 9.30. The molecule has 0 aliphatic heterocycles. The van der Waals surface area contributed by atoms with E-state index in [1.165, 1.54) is 12.1 Å². The molecule has 0 spiro atoms. The number of hydrazone groups is 1. The lowest BCUT2D eigenvalue weighted by Crippen LogP contribution is -2.39. The van der Waals surface area contributed by atoms with E-state index in [1.54, 1.807) is 85.8 Å². The van der Waals surface area contributed by atoms with Crippen LogP contribution in [0.25, 0.3) is 0 Å². The Morgan fingerprint density at radius 1 is 0.775 bits per heavy atom. The predicted octanol–water partition coefficient (Wildman–Crippen LogP) is 5.29. The van der Waals surface area contributed by atoms with E-state index in [-0.39, 0.29) is 10.8 Å². The van der Waals surface area contributed by atoms with Crippen molar-refractivity contribution in [2.75, 3.05) is 16.2 Å². The summed E-state index contributed by atoms with van der Waals surface area (Å²) in [6.45, 7) is 5.01. The number of rotatable bonds is 9. The molecule has 40 heavy (non-hydrogen) atoms. The summed E-state index contributed by atoms with van der Waals surface area (Å²) in [7, 11) is -4.02. The first kappa shape index (κ1) is 28.3. The van der Waals surface area contributed by atoms with Gasteiger partial charge in [-0.1, -0.05) is 54.6 Å². The van der Waals surface area contributed by atoms with E-state index in [0.717, 1.165) is 21.0 Å². The average molecular weight is 555 g/mol. The standard InChI is InChI=1S/C31H30N4O4S/c1-22-18-23(2)20-28(19-22)35(40(38,39)29-12-8-5-9-13-29)21-30(36)34-33-24(3)25-14-16-27(17-15-25)32-31(37)26-10-6-4-7-11-26/h4-20H,21H2,1-3H3,(H,32,37)(H,34,36)/b33-24-. The Balaban J connectivity index is 1.48. The number of amides is 2. The van der Waals surface area contributed by atoms with E-state index in [4.69, 9.17) is 0 Å². The molecule has 0 aliphatic carbocycles. The van der Waals surface area contributed by atoms with Crippen molar-refractivity contribution < 1.29 is 18.0 Å². The maximum atomic E-state index is 13.5. The van der Waals surface area contributed by atoms with Crippen molar-refractivity contribution in [3.05, 3.63) is 125 Å². The van der Waals surface area contributed by atoms with Crippen LogP contribution in [-0.4, -0.2) is 32.5 Å². The fourth-order valence-electron chi connectivity index (χ4n) is 4.09. The van der Waals surface area contributed by atoms with E-state index in [1.807, 2.05) is 26.0 Å². The summed E-state index contributed by atoms with van der Waals surface area (Å²) in [4.78, 5) is 25.4. The third-order valence-electron chi connectivity index (χ3n) is 6.06. The Bertz CT molecular complexity index is 1620. The molecule has 0 unspecified atom stereocenters. The fraction of sp³-hybridized carbons (Fsp3) is 0.129. The first-order valence-corrected chi connectivity index (χ1v) is 14.0. The highest BCUT2D eigenvalue weighted by Crippen LogP contribution is 2.25. The fourth-order valence-corrected chi connectivity index (χ4v) is 5.52. The van der Waals surface area contributed by atoms with Gasteiger partial charge in [-0.25, -0.2) is 13.8 Å². The van der Waals surface area contributed by atoms with Crippen molar-refractivity contribution in [1.29, 1.82) is 0 Å². The van der Waals surface area contributed by atoms with E-state index in [9.17, 15) is 18.0 Å². The quantitative estimate of drug-likeness (QED) is 0.216. The number of carbonyl (C=O) groups excluding carboxylic acids is 2. The maximum absolute atomic E-state index is 13.5. The van der Waals surface area contributed by atoms with Gasteiger partial charge in [0, 0.05) is 11.3 Å². The van der Waals surface area contributed by atoms with Crippen molar-refractivity contribution in [3.63, 3.8) is 0 Å². The molecule has 0 heterocycles. The third kappa shape index (κ3) is 7.00. The van der Waals surface area contributed by atoms with Gasteiger partial charge in [-0.3, -0.25) is 13.9 Å². The van der Waals surface area contributed by atoms with Gasteiger partial charge in [0.15, 0.2) is 0 Å². The Hall–Kier alpha value is -4.76. The Labute approximate surface area is 234 Å². The van der Waals surface area contributed by atoms with Gasteiger partial charge in [0.25, 0.3) is 21.8 Å². The highest BCUT2D eigenvalue weighted by molar-refractivity contribution is 7.92. The van der Waals surface area contributed by atoms with Crippen molar-refractivity contribution in [1.82, 2.24) is 5.43 Å². The topological polar surface area (TPSA) is 108 Å². The van der Waals surface area contributed by atoms with Gasteiger partial charge in [-0.2, -0.15) is 5.10 Å². The number of sulfonamides is 1. The second-order valence-corrected chi connectivity index (χ2v) is 11.2.